The van der Waals surface area contributed by atoms with E-state index in [0.717, 1.165) is 0 Å². The lowest BCUT2D eigenvalue weighted by Crippen LogP contribution is -2.18. The predicted molar refractivity (Wildman–Crippen MR) is 79.7 cm³/mol. The smallest absolute Gasteiger partial charge is 0.266 e. The molecule has 2 aromatic heterocycles. The number of Topliss-reactive ketones (excluding diaryl/α,β-unsaturated/α-hetero) is 1. The van der Waals surface area contributed by atoms with Gasteiger partial charge in [-0.25, -0.2) is 4.98 Å². The molecule has 0 unspecified atom stereocenters. The monoisotopic (exact) mass is 301 g/mol. The van der Waals surface area contributed by atoms with Gasteiger partial charge in [0.1, 0.15) is 5.78 Å². The highest BCUT2D eigenvalue weighted by molar-refractivity contribution is 7.15. The molecule has 6 nitrogen and oxygen atoms in total. The summed E-state index contributed by atoms with van der Waals surface area (Å²) in [4.78, 5) is 39.9. The van der Waals surface area contributed by atoms with E-state index in [1.807, 2.05) is 0 Å². The molecule has 2 N–H and O–H groups in total. The van der Waals surface area contributed by atoms with Crippen molar-refractivity contribution in [2.75, 3.05) is 0 Å². The zero-order valence-corrected chi connectivity index (χ0v) is 11.9. The van der Waals surface area contributed by atoms with Gasteiger partial charge in [-0.2, -0.15) is 0 Å². The van der Waals surface area contributed by atoms with E-state index in [1.165, 1.54) is 40.9 Å². The van der Waals surface area contributed by atoms with Crippen LogP contribution in [0.5, 0.6) is 0 Å². The van der Waals surface area contributed by atoms with Crippen molar-refractivity contribution in [3.05, 3.63) is 45.2 Å². The molecular weight excluding hydrogens is 290 g/mol. The first-order valence-corrected chi connectivity index (χ1v) is 7.07. The van der Waals surface area contributed by atoms with Gasteiger partial charge in [0.2, 0.25) is 5.91 Å². The molecule has 0 saturated carbocycles. The Labute approximate surface area is 122 Å². The van der Waals surface area contributed by atoms with Gasteiger partial charge in [0.05, 0.1) is 10.9 Å². The van der Waals surface area contributed by atoms with E-state index in [9.17, 15) is 14.4 Å². The van der Waals surface area contributed by atoms with Crippen LogP contribution in [0.15, 0.2) is 28.4 Å². The summed E-state index contributed by atoms with van der Waals surface area (Å²) in [5.41, 5.74) is 6.34. The first-order valence-electron chi connectivity index (χ1n) is 6.19. The highest BCUT2D eigenvalue weighted by Gasteiger charge is 2.13. The third-order valence-corrected chi connectivity index (χ3v) is 4.02. The third-order valence-electron chi connectivity index (χ3n) is 3.14. The summed E-state index contributed by atoms with van der Waals surface area (Å²) in [6.07, 6.45) is 0.187. The van der Waals surface area contributed by atoms with Gasteiger partial charge in [0.15, 0.2) is 4.96 Å². The molecule has 0 aliphatic heterocycles. The molecule has 3 rings (SSSR count). The SMILES string of the molecule is CC(=O)Cc1csc2nc3cc(C(N)=O)ccc3c(=O)n12. The van der Waals surface area contributed by atoms with E-state index < -0.39 is 5.91 Å². The molecule has 0 radical (unpaired) electrons. The number of hydrogen-bond acceptors (Lipinski definition) is 5. The van der Waals surface area contributed by atoms with Crippen LogP contribution in [0.2, 0.25) is 0 Å². The second-order valence-corrected chi connectivity index (χ2v) is 5.57. The normalized spacial score (nSPS) is 11.1. The van der Waals surface area contributed by atoms with Crippen molar-refractivity contribution in [2.45, 2.75) is 13.3 Å². The van der Waals surface area contributed by atoms with Crippen molar-refractivity contribution >= 4 is 38.9 Å². The molecule has 7 heteroatoms. The Morgan fingerprint density at radius 3 is 2.81 bits per heavy atom. The van der Waals surface area contributed by atoms with E-state index in [2.05, 4.69) is 4.98 Å². The Morgan fingerprint density at radius 2 is 2.14 bits per heavy atom. The minimum absolute atomic E-state index is 0.0224. The van der Waals surface area contributed by atoms with Gasteiger partial charge in [-0.3, -0.25) is 18.8 Å². The fourth-order valence-corrected chi connectivity index (χ4v) is 3.09. The minimum atomic E-state index is -0.567. The van der Waals surface area contributed by atoms with Crippen molar-refractivity contribution in [1.82, 2.24) is 9.38 Å². The molecule has 3 aromatic rings. The number of amides is 1. The van der Waals surface area contributed by atoms with E-state index in [4.69, 9.17) is 5.73 Å². The number of benzene rings is 1. The van der Waals surface area contributed by atoms with Crippen LogP contribution in [-0.2, 0) is 11.2 Å². The van der Waals surface area contributed by atoms with Crippen molar-refractivity contribution in [3.8, 4) is 0 Å². The average molecular weight is 301 g/mol. The molecular formula is C14H11N3O3S. The van der Waals surface area contributed by atoms with E-state index in [0.29, 0.717) is 27.1 Å². The van der Waals surface area contributed by atoms with Crippen LogP contribution in [0.3, 0.4) is 0 Å². The number of carbonyl (C=O) groups is 2. The van der Waals surface area contributed by atoms with Gasteiger partial charge in [-0.1, -0.05) is 0 Å². The quantitative estimate of drug-likeness (QED) is 0.784. The summed E-state index contributed by atoms with van der Waals surface area (Å²) in [5, 5.41) is 2.14. The maximum atomic E-state index is 12.5. The number of thiazole rings is 1. The number of fused-ring (bicyclic) bond motifs is 2. The number of hydrogen-bond donors (Lipinski definition) is 1. The third kappa shape index (κ3) is 2.21. The molecule has 0 spiro atoms. The molecule has 0 aliphatic rings. The summed E-state index contributed by atoms with van der Waals surface area (Å²) in [7, 11) is 0. The highest BCUT2D eigenvalue weighted by atomic mass is 32.1. The molecule has 0 saturated heterocycles. The van der Waals surface area contributed by atoms with Gasteiger partial charge in [0.25, 0.3) is 5.56 Å². The molecule has 1 amide bonds. The van der Waals surface area contributed by atoms with Gasteiger partial charge in [-0.15, -0.1) is 11.3 Å². The molecule has 0 atom stereocenters. The molecule has 21 heavy (non-hydrogen) atoms. The summed E-state index contributed by atoms with van der Waals surface area (Å²) in [5.74, 6) is -0.590. The lowest BCUT2D eigenvalue weighted by molar-refractivity contribution is -0.116. The van der Waals surface area contributed by atoms with Crippen molar-refractivity contribution in [3.63, 3.8) is 0 Å². The summed E-state index contributed by atoms with van der Waals surface area (Å²) >= 11 is 1.28. The van der Waals surface area contributed by atoms with Crippen LogP contribution >= 0.6 is 11.3 Å². The van der Waals surface area contributed by atoms with Crippen LogP contribution in [0.4, 0.5) is 0 Å². The minimum Gasteiger partial charge on any atom is -0.366 e. The molecule has 0 fully saturated rings. The van der Waals surface area contributed by atoms with Crippen molar-refractivity contribution < 1.29 is 9.59 Å². The summed E-state index contributed by atoms with van der Waals surface area (Å²) in [6, 6.07) is 4.53. The average Bonchev–Trinajstić information content (AvgIpc) is 2.80. The van der Waals surface area contributed by atoms with Crippen LogP contribution in [0, 0.1) is 0 Å². The largest absolute Gasteiger partial charge is 0.366 e. The number of rotatable bonds is 3. The van der Waals surface area contributed by atoms with Crippen LogP contribution in [0.25, 0.3) is 15.9 Å². The van der Waals surface area contributed by atoms with Crippen molar-refractivity contribution in [2.24, 2.45) is 5.73 Å². The highest BCUT2D eigenvalue weighted by Crippen LogP contribution is 2.18. The number of nitrogens with two attached hydrogens (primary N) is 1. The maximum absolute atomic E-state index is 12.5. The number of nitrogens with zero attached hydrogens (tertiary/aromatic N) is 2. The Hall–Kier alpha value is -2.54. The van der Waals surface area contributed by atoms with Gasteiger partial charge in [-0.05, 0) is 25.1 Å². The predicted octanol–water partition coefficient (Wildman–Crippen LogP) is 1.14. The second kappa shape index (κ2) is 4.78. The van der Waals surface area contributed by atoms with Gasteiger partial charge in [0, 0.05) is 23.1 Å². The van der Waals surface area contributed by atoms with E-state index in [-0.39, 0.29) is 17.8 Å². The number of carbonyl (C=O) groups excluding carboxylic acids is 2. The topological polar surface area (TPSA) is 94.5 Å². The van der Waals surface area contributed by atoms with E-state index in [1.54, 1.807) is 5.38 Å². The van der Waals surface area contributed by atoms with Crippen molar-refractivity contribution in [1.29, 1.82) is 0 Å². The first kappa shape index (κ1) is 13.4. The zero-order chi connectivity index (χ0) is 15.1. The number of primary amides is 1. The van der Waals surface area contributed by atoms with Crippen LogP contribution in [0.1, 0.15) is 23.0 Å². The van der Waals surface area contributed by atoms with Gasteiger partial charge < -0.3 is 5.73 Å². The molecule has 0 aliphatic carbocycles. The first-order chi connectivity index (χ1) is 9.97. The van der Waals surface area contributed by atoms with Crippen LogP contribution in [-0.4, -0.2) is 21.1 Å². The Bertz CT molecular complexity index is 955. The molecule has 106 valence electrons. The van der Waals surface area contributed by atoms with Crippen LogP contribution < -0.4 is 11.3 Å². The Kier molecular flexibility index (Phi) is 3.06. The number of ketones is 1. The maximum Gasteiger partial charge on any atom is 0.266 e. The summed E-state index contributed by atoms with van der Waals surface area (Å²) < 4.78 is 1.44. The summed E-state index contributed by atoms with van der Waals surface area (Å²) in [6.45, 7) is 1.47. The van der Waals surface area contributed by atoms with E-state index >= 15 is 0 Å². The fourth-order valence-electron chi connectivity index (χ4n) is 2.20. The second-order valence-electron chi connectivity index (χ2n) is 4.74. The molecule has 2 heterocycles. The molecule has 0 bridgehead atoms. The molecule has 1 aromatic carbocycles. The van der Waals surface area contributed by atoms with Gasteiger partial charge >= 0.3 is 0 Å². The zero-order valence-electron chi connectivity index (χ0n) is 11.1. The fraction of sp³-hybridized carbons (Fsp3) is 0.143. The lowest BCUT2D eigenvalue weighted by Gasteiger charge is -2.03. The Morgan fingerprint density at radius 1 is 1.38 bits per heavy atom. The number of aromatic nitrogens is 2. The Balaban J connectivity index is 2.34. The standard InChI is InChI=1S/C14H11N3O3S/c1-7(18)4-9-6-21-14-16-11-5-8(12(15)19)2-3-10(11)13(20)17(9)14/h2-3,5-6H,4H2,1H3,(H2,15,19). The lowest BCUT2D eigenvalue weighted by atomic mass is 10.1.